The summed E-state index contributed by atoms with van der Waals surface area (Å²) in [6.45, 7) is 3.48. The molecule has 0 saturated carbocycles. The second-order valence-corrected chi connectivity index (χ2v) is 7.41. The van der Waals surface area contributed by atoms with Crippen molar-refractivity contribution in [2.75, 3.05) is 19.5 Å². The van der Waals surface area contributed by atoms with Crippen LogP contribution in [-0.2, 0) is 19.3 Å². The topological polar surface area (TPSA) is 72.8 Å². The molecule has 0 aliphatic carbocycles. The van der Waals surface area contributed by atoms with Gasteiger partial charge in [-0.3, -0.25) is 0 Å². The van der Waals surface area contributed by atoms with Crippen LogP contribution in [0.25, 0.3) is 0 Å². The minimum absolute atomic E-state index is 0.0788. The summed E-state index contributed by atoms with van der Waals surface area (Å²) in [6, 6.07) is 8.34. The van der Waals surface area contributed by atoms with Crippen LogP contribution < -0.4 is 0 Å². The Morgan fingerprint density at radius 1 is 1.32 bits per heavy atom. The maximum absolute atomic E-state index is 12.6. The number of benzene rings is 1. The highest BCUT2D eigenvalue weighted by molar-refractivity contribution is 7.91. The Balaban J connectivity index is 2.25. The summed E-state index contributed by atoms with van der Waals surface area (Å²) in [6.07, 6.45) is 0.933. The van der Waals surface area contributed by atoms with Crippen molar-refractivity contribution in [3.8, 4) is 0 Å². The molecule has 2 rings (SSSR count). The van der Waals surface area contributed by atoms with Crippen LogP contribution in [0, 0.1) is 5.92 Å². The quantitative estimate of drug-likeness (QED) is 0.767. The zero-order valence-electron chi connectivity index (χ0n) is 12.6. The van der Waals surface area contributed by atoms with E-state index < -0.39 is 22.0 Å². The molecule has 122 valence electrons. The van der Waals surface area contributed by atoms with Gasteiger partial charge in [-0.15, -0.1) is 6.58 Å². The van der Waals surface area contributed by atoms with Crippen LogP contribution in [-0.4, -0.2) is 51.3 Å². The molecule has 22 heavy (non-hydrogen) atoms. The smallest absolute Gasteiger partial charge is 0.178 e. The average molecular weight is 326 g/mol. The van der Waals surface area contributed by atoms with Gasteiger partial charge in [0, 0.05) is 13.0 Å². The molecule has 0 aromatic heterocycles. The fourth-order valence-electron chi connectivity index (χ4n) is 2.94. The normalized spacial score (nSPS) is 28.6. The summed E-state index contributed by atoms with van der Waals surface area (Å²) in [5.41, 5.74) is 0. The van der Waals surface area contributed by atoms with Crippen molar-refractivity contribution in [1.29, 1.82) is 0 Å². The standard InChI is InChI=1S/C16H22O5S/c1-3-7-14-13(16(20-2)15(10-17)21-14)11-22(18,19)12-8-5-4-6-9-12/h3-6,8-9,13-17H,1,7,10-11H2,2H3/t13-,14-,15+,16+/m0/s1. The van der Waals surface area contributed by atoms with E-state index in [1.54, 1.807) is 36.4 Å². The fourth-order valence-corrected chi connectivity index (χ4v) is 4.61. The Labute approximate surface area is 131 Å². The number of aliphatic hydroxyl groups excluding tert-OH is 1. The van der Waals surface area contributed by atoms with Gasteiger partial charge < -0.3 is 14.6 Å². The van der Waals surface area contributed by atoms with Crippen LogP contribution in [0.5, 0.6) is 0 Å². The zero-order chi connectivity index (χ0) is 16.2. The van der Waals surface area contributed by atoms with E-state index in [1.165, 1.54) is 7.11 Å². The predicted octanol–water partition coefficient (Wildman–Crippen LogP) is 1.43. The lowest BCUT2D eigenvalue weighted by Crippen LogP contribution is -2.36. The Hall–Kier alpha value is -1.21. The molecule has 0 unspecified atom stereocenters. The third-order valence-electron chi connectivity index (χ3n) is 3.98. The summed E-state index contributed by atoms with van der Waals surface area (Å²) in [4.78, 5) is 0.287. The molecule has 0 spiro atoms. The number of hydrogen-bond donors (Lipinski definition) is 1. The third-order valence-corrected chi connectivity index (χ3v) is 5.79. The Morgan fingerprint density at radius 3 is 2.55 bits per heavy atom. The highest BCUT2D eigenvalue weighted by atomic mass is 32.2. The van der Waals surface area contributed by atoms with E-state index in [0.717, 1.165) is 0 Å². The molecule has 0 bridgehead atoms. The molecular weight excluding hydrogens is 304 g/mol. The molecule has 0 amide bonds. The molecule has 1 aromatic rings. The molecule has 1 saturated heterocycles. The molecule has 1 aromatic carbocycles. The molecule has 6 heteroatoms. The van der Waals surface area contributed by atoms with E-state index in [2.05, 4.69) is 6.58 Å². The van der Waals surface area contributed by atoms with E-state index >= 15 is 0 Å². The van der Waals surface area contributed by atoms with Crippen LogP contribution >= 0.6 is 0 Å². The lowest BCUT2D eigenvalue weighted by molar-refractivity contribution is -0.0334. The highest BCUT2D eigenvalue weighted by Crippen LogP contribution is 2.33. The largest absolute Gasteiger partial charge is 0.394 e. The molecule has 4 atom stereocenters. The van der Waals surface area contributed by atoms with Gasteiger partial charge in [0.2, 0.25) is 0 Å². The summed E-state index contributed by atoms with van der Waals surface area (Å²) in [7, 11) is -1.94. The first-order valence-corrected chi connectivity index (χ1v) is 8.86. The molecule has 1 heterocycles. The van der Waals surface area contributed by atoms with Crippen molar-refractivity contribution >= 4 is 9.84 Å². The molecule has 1 aliphatic rings. The Bertz CT molecular complexity index is 584. The second-order valence-electron chi connectivity index (χ2n) is 5.38. The number of hydrogen-bond acceptors (Lipinski definition) is 5. The Kier molecular flexibility index (Phi) is 5.74. The lowest BCUT2D eigenvalue weighted by Gasteiger charge is -2.22. The maximum Gasteiger partial charge on any atom is 0.178 e. The van der Waals surface area contributed by atoms with Crippen molar-refractivity contribution in [3.05, 3.63) is 43.0 Å². The van der Waals surface area contributed by atoms with Gasteiger partial charge in [-0.2, -0.15) is 0 Å². The van der Waals surface area contributed by atoms with E-state index in [-0.39, 0.29) is 29.3 Å². The van der Waals surface area contributed by atoms with Crippen molar-refractivity contribution in [1.82, 2.24) is 0 Å². The van der Waals surface area contributed by atoms with Crippen LogP contribution in [0.15, 0.2) is 47.9 Å². The van der Waals surface area contributed by atoms with Crippen LogP contribution in [0.4, 0.5) is 0 Å². The minimum atomic E-state index is -3.45. The number of methoxy groups -OCH3 is 1. The molecule has 5 nitrogen and oxygen atoms in total. The summed E-state index contributed by atoms with van der Waals surface area (Å²) in [5.74, 6) is -0.421. The van der Waals surface area contributed by atoms with Crippen LogP contribution in [0.2, 0.25) is 0 Å². The first-order valence-electron chi connectivity index (χ1n) is 7.21. The summed E-state index contributed by atoms with van der Waals surface area (Å²) in [5, 5.41) is 9.41. The van der Waals surface area contributed by atoms with Gasteiger partial charge in [-0.1, -0.05) is 24.3 Å². The number of ether oxygens (including phenoxy) is 2. The molecule has 0 radical (unpaired) electrons. The van der Waals surface area contributed by atoms with Gasteiger partial charge in [0.25, 0.3) is 0 Å². The van der Waals surface area contributed by atoms with Crippen molar-refractivity contribution in [3.63, 3.8) is 0 Å². The molecule has 1 fully saturated rings. The summed E-state index contributed by atoms with van der Waals surface area (Å²) < 4.78 is 36.3. The van der Waals surface area contributed by atoms with Gasteiger partial charge in [0.1, 0.15) is 6.10 Å². The third kappa shape index (κ3) is 3.57. The van der Waals surface area contributed by atoms with E-state index in [9.17, 15) is 13.5 Å². The SMILES string of the molecule is C=CC[C@@H]1O[C@H](CO)[C@H](OC)[C@H]1CS(=O)(=O)c1ccccc1. The first kappa shape index (κ1) is 17.1. The monoisotopic (exact) mass is 326 g/mol. The Morgan fingerprint density at radius 2 is 2.00 bits per heavy atom. The number of aliphatic hydroxyl groups is 1. The lowest BCUT2D eigenvalue weighted by atomic mass is 9.96. The minimum Gasteiger partial charge on any atom is -0.394 e. The number of rotatable bonds is 7. The van der Waals surface area contributed by atoms with Gasteiger partial charge in [-0.25, -0.2) is 8.42 Å². The average Bonchev–Trinajstić information content (AvgIpc) is 2.85. The van der Waals surface area contributed by atoms with E-state index in [0.29, 0.717) is 6.42 Å². The first-order chi connectivity index (χ1) is 10.5. The fraction of sp³-hybridized carbons (Fsp3) is 0.500. The predicted molar refractivity (Wildman–Crippen MR) is 83.3 cm³/mol. The van der Waals surface area contributed by atoms with Gasteiger partial charge >= 0.3 is 0 Å². The van der Waals surface area contributed by atoms with Crippen LogP contribution in [0.3, 0.4) is 0 Å². The van der Waals surface area contributed by atoms with Gasteiger partial charge in [-0.05, 0) is 18.6 Å². The maximum atomic E-state index is 12.6. The molecular formula is C16H22O5S. The zero-order valence-corrected chi connectivity index (χ0v) is 13.4. The molecule has 1 aliphatic heterocycles. The van der Waals surface area contributed by atoms with E-state index in [1.807, 2.05) is 0 Å². The second kappa shape index (κ2) is 7.37. The highest BCUT2D eigenvalue weighted by Gasteiger charge is 2.45. The van der Waals surface area contributed by atoms with Crippen molar-refractivity contribution < 1.29 is 23.0 Å². The van der Waals surface area contributed by atoms with Crippen molar-refractivity contribution in [2.24, 2.45) is 5.92 Å². The van der Waals surface area contributed by atoms with Crippen LogP contribution in [0.1, 0.15) is 6.42 Å². The molecule has 1 N–H and O–H groups in total. The van der Waals surface area contributed by atoms with E-state index in [4.69, 9.17) is 9.47 Å². The van der Waals surface area contributed by atoms with Gasteiger partial charge in [0.15, 0.2) is 9.84 Å². The van der Waals surface area contributed by atoms with Gasteiger partial charge in [0.05, 0.1) is 29.5 Å². The number of sulfone groups is 1. The summed E-state index contributed by atoms with van der Waals surface area (Å²) >= 11 is 0. The van der Waals surface area contributed by atoms with Crippen molar-refractivity contribution in [2.45, 2.75) is 29.6 Å².